The molecular weight excluding hydrogens is 708 g/mol. The normalized spacial score (nSPS) is 15.2. The number of nitrogens with one attached hydrogen (secondary N) is 1. The molecule has 3 aliphatic heterocycles. The van der Waals surface area contributed by atoms with Crippen molar-refractivity contribution in [2.75, 3.05) is 49.7 Å². The number of nitrogens with zero attached hydrogens (tertiary/aromatic N) is 3. The van der Waals surface area contributed by atoms with E-state index in [1.54, 1.807) is 19.1 Å². The number of thiophene rings is 1. The number of benzene rings is 3. The van der Waals surface area contributed by atoms with Crippen LogP contribution in [0.15, 0.2) is 85.2 Å². The molecule has 0 unspecified atom stereocenters. The Kier molecular flexibility index (Phi) is 12.0. The van der Waals surface area contributed by atoms with Crippen LogP contribution >= 0.6 is 11.3 Å². The highest BCUT2D eigenvalue weighted by atomic mass is 32.1. The fourth-order valence-corrected chi connectivity index (χ4v) is 8.93. The monoisotopic (exact) mass is 758 g/mol. The number of aromatic nitrogens is 2. The number of Topliss-reactive ketones (excluding diaryl/α,β-unsaturated/α-hetero) is 1. The summed E-state index contributed by atoms with van der Waals surface area (Å²) in [6.45, 7) is 12.4. The standard InChI is InChI=1S/C22H19FN2S.C15H20N2O2.C8H8O.CH4/c1-13-4-3-5-16-18(12-24-21(13)16)20-10-14-8-9-25(2)19-11-15(23)6-7-17(19)22(14)26-20;1-11-7-13(12(2)18)14(16-8-11)17-9-15(10-17)3-5-19-6-4-15;1-7-2-4-8(6-9)5-3-7;/h3-7,10-12,24H,8-9H2,1-2H3;7-8H,3-6,9-10H2,1-2H3;2-6H,1H3;1H4. The van der Waals surface area contributed by atoms with Crippen molar-refractivity contribution in [3.05, 3.63) is 124 Å². The molecular formula is C46H51FN4O3S. The molecule has 6 heterocycles. The smallest absolute Gasteiger partial charge is 0.163 e. The van der Waals surface area contributed by atoms with Gasteiger partial charge in [-0.25, -0.2) is 9.37 Å². The lowest BCUT2D eigenvalue weighted by Gasteiger charge is -2.53. The minimum absolute atomic E-state index is 0. The number of anilines is 2. The zero-order valence-electron chi connectivity index (χ0n) is 31.7. The average Bonchev–Trinajstić information content (AvgIpc) is 3.76. The van der Waals surface area contributed by atoms with E-state index in [0.717, 1.165) is 92.2 Å². The van der Waals surface area contributed by atoms with E-state index in [0.29, 0.717) is 5.41 Å². The third-order valence-corrected chi connectivity index (χ3v) is 12.1. The van der Waals surface area contributed by atoms with Crippen LogP contribution in [-0.2, 0) is 11.2 Å². The summed E-state index contributed by atoms with van der Waals surface area (Å²) < 4.78 is 19.2. The number of fused-ring (bicyclic) bond motifs is 4. The van der Waals surface area contributed by atoms with Crippen LogP contribution in [0.25, 0.3) is 31.8 Å². The molecule has 1 N–H and O–H groups in total. The van der Waals surface area contributed by atoms with E-state index in [1.165, 1.54) is 42.9 Å². The minimum Gasteiger partial charge on any atom is -0.381 e. The Morgan fingerprint density at radius 2 is 1.71 bits per heavy atom. The van der Waals surface area contributed by atoms with Crippen LogP contribution in [0.5, 0.6) is 0 Å². The van der Waals surface area contributed by atoms with E-state index >= 15 is 0 Å². The van der Waals surface area contributed by atoms with Crippen molar-refractivity contribution in [3.8, 4) is 20.9 Å². The Balaban J connectivity index is 0.000000155. The number of aryl methyl sites for hydroxylation is 3. The summed E-state index contributed by atoms with van der Waals surface area (Å²) >= 11 is 1.81. The molecule has 1 spiro atoms. The average molecular weight is 759 g/mol. The molecule has 0 bridgehead atoms. The molecule has 6 aromatic rings. The first kappa shape index (κ1) is 39.6. The summed E-state index contributed by atoms with van der Waals surface area (Å²) in [5, 5.41) is 1.26. The number of ketones is 1. The van der Waals surface area contributed by atoms with Gasteiger partial charge >= 0.3 is 0 Å². The van der Waals surface area contributed by atoms with Gasteiger partial charge < -0.3 is 19.5 Å². The van der Waals surface area contributed by atoms with Gasteiger partial charge in [0.15, 0.2) is 5.78 Å². The molecule has 2 saturated heterocycles. The highest BCUT2D eigenvalue weighted by Gasteiger charge is 2.45. The summed E-state index contributed by atoms with van der Waals surface area (Å²) in [7, 11) is 2.04. The van der Waals surface area contributed by atoms with Crippen LogP contribution in [0.2, 0.25) is 0 Å². The van der Waals surface area contributed by atoms with Crippen LogP contribution in [0.3, 0.4) is 0 Å². The number of aldehydes is 1. The summed E-state index contributed by atoms with van der Waals surface area (Å²) in [4.78, 5) is 36.7. The minimum atomic E-state index is -0.178. The quantitative estimate of drug-likeness (QED) is 0.142. The first-order chi connectivity index (χ1) is 26.0. The number of carbonyl (C=O) groups excluding carboxylic acids is 2. The molecule has 3 aliphatic rings. The predicted octanol–water partition coefficient (Wildman–Crippen LogP) is 10.7. The van der Waals surface area contributed by atoms with Crippen molar-refractivity contribution >= 4 is 45.8 Å². The number of carbonyl (C=O) groups is 2. The van der Waals surface area contributed by atoms with Crippen molar-refractivity contribution in [1.82, 2.24) is 9.97 Å². The van der Waals surface area contributed by atoms with Crippen molar-refractivity contribution in [3.63, 3.8) is 0 Å². The van der Waals surface area contributed by atoms with Gasteiger partial charge in [0, 0.05) is 101 Å². The SMILES string of the molecule is C.CC(=O)c1cc(C)cnc1N1CC2(CCOCC2)C1.Cc1ccc(C=O)cc1.Cc1cccc2c(-c3cc4c(s3)-c3ccc(F)cc3N(C)CC4)c[nH]c12. The second-order valence-corrected chi connectivity index (χ2v) is 16.0. The number of para-hydroxylation sites is 1. The van der Waals surface area contributed by atoms with Gasteiger partial charge in [-0.3, -0.25) is 9.59 Å². The third-order valence-electron chi connectivity index (χ3n) is 10.8. The van der Waals surface area contributed by atoms with E-state index in [2.05, 4.69) is 57.2 Å². The largest absolute Gasteiger partial charge is 0.381 e. The lowest BCUT2D eigenvalue weighted by molar-refractivity contribution is -0.000511. The fraction of sp³-hybridized carbons (Fsp3) is 0.326. The highest BCUT2D eigenvalue weighted by Crippen LogP contribution is 2.46. The van der Waals surface area contributed by atoms with Gasteiger partial charge in [0.25, 0.3) is 0 Å². The summed E-state index contributed by atoms with van der Waals surface area (Å²) in [6.07, 6.45) is 8.03. The Labute approximate surface area is 328 Å². The van der Waals surface area contributed by atoms with E-state index < -0.39 is 0 Å². The molecule has 3 aromatic carbocycles. The number of hydrogen-bond donors (Lipinski definition) is 1. The number of aromatic amines is 1. The second-order valence-electron chi connectivity index (χ2n) is 14.9. The first-order valence-corrected chi connectivity index (χ1v) is 19.4. The Hall–Kier alpha value is -5.12. The zero-order chi connectivity index (χ0) is 38.0. The van der Waals surface area contributed by atoms with E-state index in [4.69, 9.17) is 4.74 Å². The highest BCUT2D eigenvalue weighted by molar-refractivity contribution is 7.19. The summed E-state index contributed by atoms with van der Waals surface area (Å²) in [5.41, 5.74) is 11.3. The molecule has 9 rings (SSSR count). The van der Waals surface area contributed by atoms with E-state index in [9.17, 15) is 14.0 Å². The van der Waals surface area contributed by atoms with Crippen LogP contribution in [0, 0.1) is 32.0 Å². The van der Waals surface area contributed by atoms with Crippen LogP contribution in [0.4, 0.5) is 15.9 Å². The van der Waals surface area contributed by atoms with Gasteiger partial charge in [0.2, 0.25) is 0 Å². The van der Waals surface area contributed by atoms with Crippen LogP contribution in [-0.4, -0.2) is 61.9 Å². The number of pyridine rings is 1. The molecule has 0 aliphatic carbocycles. The number of halogens is 1. The Morgan fingerprint density at radius 1 is 0.964 bits per heavy atom. The van der Waals surface area contributed by atoms with Gasteiger partial charge in [0.1, 0.15) is 17.9 Å². The molecule has 0 atom stereocenters. The van der Waals surface area contributed by atoms with Gasteiger partial charge in [-0.2, -0.15) is 0 Å². The number of hydrogen-bond acceptors (Lipinski definition) is 7. The maximum absolute atomic E-state index is 13.8. The summed E-state index contributed by atoms with van der Waals surface area (Å²) in [6, 6.07) is 23.3. The number of likely N-dealkylation sites (N-methyl/N-ethyl adjacent to an activating group) is 1. The van der Waals surface area contributed by atoms with Crippen LogP contribution in [0.1, 0.15) is 70.2 Å². The van der Waals surface area contributed by atoms with Gasteiger partial charge in [-0.05, 0) is 94.0 Å². The number of ether oxygens (including phenoxy) is 1. The molecule has 7 nitrogen and oxygen atoms in total. The number of rotatable bonds is 4. The van der Waals surface area contributed by atoms with Crippen molar-refractivity contribution < 1.29 is 18.7 Å². The topological polar surface area (TPSA) is 78.5 Å². The number of H-pyrrole nitrogens is 1. The van der Waals surface area contributed by atoms with Crippen molar-refractivity contribution in [2.24, 2.45) is 5.41 Å². The molecule has 0 saturated carbocycles. The molecule has 55 heavy (non-hydrogen) atoms. The summed E-state index contributed by atoms with van der Waals surface area (Å²) in [5.74, 6) is 0.775. The maximum Gasteiger partial charge on any atom is 0.163 e. The van der Waals surface area contributed by atoms with Gasteiger partial charge in [0.05, 0.1) is 5.56 Å². The molecule has 0 radical (unpaired) electrons. The van der Waals surface area contributed by atoms with Crippen molar-refractivity contribution in [1.29, 1.82) is 0 Å². The van der Waals surface area contributed by atoms with Gasteiger partial charge in [-0.15, -0.1) is 11.3 Å². The zero-order valence-corrected chi connectivity index (χ0v) is 32.5. The predicted molar refractivity (Wildman–Crippen MR) is 226 cm³/mol. The second kappa shape index (κ2) is 16.7. The third kappa shape index (κ3) is 8.43. The van der Waals surface area contributed by atoms with E-state index in [-0.39, 0.29) is 19.0 Å². The maximum atomic E-state index is 13.8. The molecule has 9 heteroatoms. The van der Waals surface area contributed by atoms with E-state index in [1.807, 2.05) is 74.8 Å². The molecule has 0 amide bonds. The molecule has 3 aromatic heterocycles. The van der Waals surface area contributed by atoms with Crippen molar-refractivity contribution in [2.45, 2.75) is 54.4 Å². The van der Waals surface area contributed by atoms with Gasteiger partial charge in [-0.1, -0.05) is 55.5 Å². The Morgan fingerprint density at radius 3 is 2.42 bits per heavy atom. The fourth-order valence-electron chi connectivity index (χ4n) is 7.66. The van der Waals surface area contributed by atoms with Crippen LogP contribution < -0.4 is 9.80 Å². The lowest BCUT2D eigenvalue weighted by Crippen LogP contribution is -2.59. The first-order valence-electron chi connectivity index (χ1n) is 18.6. The lowest BCUT2D eigenvalue weighted by atomic mass is 9.73. The Bertz CT molecular complexity index is 2300. The molecule has 286 valence electrons. The molecule has 2 fully saturated rings.